The van der Waals surface area contributed by atoms with Crippen molar-refractivity contribution in [2.24, 2.45) is 0 Å². The smallest absolute Gasteiger partial charge is 0.185 e. The van der Waals surface area contributed by atoms with Gasteiger partial charge < -0.3 is 10.4 Å². The molecule has 0 amide bonds. The number of anilines is 1. The zero-order valence-electron chi connectivity index (χ0n) is 10.3. The van der Waals surface area contributed by atoms with E-state index in [9.17, 15) is 17.6 Å². The van der Waals surface area contributed by atoms with Crippen molar-refractivity contribution in [3.8, 4) is 0 Å². The summed E-state index contributed by atoms with van der Waals surface area (Å²) in [7, 11) is 0. The largest absolute Gasteiger partial charge is 0.392 e. The molecule has 0 aliphatic carbocycles. The summed E-state index contributed by atoms with van der Waals surface area (Å²) in [5, 5.41) is 11.2. The average molecular weight is 285 g/mol. The highest BCUT2D eigenvalue weighted by molar-refractivity contribution is 5.47. The molecule has 0 aliphatic heterocycles. The van der Waals surface area contributed by atoms with Gasteiger partial charge in [0.2, 0.25) is 0 Å². The van der Waals surface area contributed by atoms with Gasteiger partial charge in [-0.15, -0.1) is 0 Å². The van der Waals surface area contributed by atoms with Gasteiger partial charge in [-0.1, -0.05) is 24.3 Å². The van der Waals surface area contributed by atoms with Gasteiger partial charge in [-0.25, -0.2) is 17.6 Å². The van der Waals surface area contributed by atoms with Crippen molar-refractivity contribution in [1.82, 2.24) is 0 Å². The molecule has 2 N–H and O–H groups in total. The van der Waals surface area contributed by atoms with E-state index < -0.39 is 29.0 Å². The predicted molar refractivity (Wildman–Crippen MR) is 66.0 cm³/mol. The quantitative estimate of drug-likeness (QED) is 0.667. The first kappa shape index (κ1) is 14.3. The normalized spacial score (nSPS) is 10.7. The van der Waals surface area contributed by atoms with Crippen LogP contribution in [0.25, 0.3) is 0 Å². The second-order valence-corrected chi connectivity index (χ2v) is 4.17. The molecule has 106 valence electrons. The molecule has 0 bridgehead atoms. The molecule has 0 radical (unpaired) electrons. The number of rotatable bonds is 4. The van der Waals surface area contributed by atoms with Crippen molar-refractivity contribution in [3.05, 3.63) is 64.7 Å². The van der Waals surface area contributed by atoms with E-state index in [0.29, 0.717) is 11.1 Å². The third-order valence-electron chi connectivity index (χ3n) is 2.79. The second-order valence-electron chi connectivity index (χ2n) is 4.17. The van der Waals surface area contributed by atoms with Crippen molar-refractivity contribution in [3.63, 3.8) is 0 Å². The van der Waals surface area contributed by atoms with E-state index in [0.717, 1.165) is 0 Å². The van der Waals surface area contributed by atoms with Crippen LogP contribution in [0, 0.1) is 23.3 Å². The average Bonchev–Trinajstić information content (AvgIpc) is 2.46. The fourth-order valence-electron chi connectivity index (χ4n) is 1.68. The number of nitrogens with one attached hydrogen (secondary N) is 1. The zero-order valence-corrected chi connectivity index (χ0v) is 10.3. The van der Waals surface area contributed by atoms with Crippen LogP contribution in [0.4, 0.5) is 23.2 Å². The Morgan fingerprint density at radius 2 is 1.35 bits per heavy atom. The lowest BCUT2D eigenvalue weighted by molar-refractivity contribution is 0.282. The molecule has 0 aliphatic rings. The molecule has 0 heterocycles. The maximum Gasteiger partial charge on any atom is 0.185 e. The Hall–Kier alpha value is -2.08. The fraction of sp³-hybridized carbons (Fsp3) is 0.143. The van der Waals surface area contributed by atoms with Gasteiger partial charge in [-0.2, -0.15) is 0 Å². The minimum Gasteiger partial charge on any atom is -0.392 e. The van der Waals surface area contributed by atoms with Crippen LogP contribution in [-0.4, -0.2) is 5.11 Å². The van der Waals surface area contributed by atoms with E-state index in [-0.39, 0.29) is 19.2 Å². The lowest BCUT2D eigenvalue weighted by Crippen LogP contribution is -2.07. The molecule has 0 saturated carbocycles. The standard InChI is InChI=1S/C14H11F4NO/c15-10-5-11(16)13(18)14(12(10)17)19-6-8-1-3-9(7-20)4-2-8/h1-5,19-20H,6-7H2. The Labute approximate surface area is 112 Å². The maximum absolute atomic E-state index is 13.4. The van der Waals surface area contributed by atoms with E-state index in [1.165, 1.54) is 0 Å². The van der Waals surface area contributed by atoms with Crippen molar-refractivity contribution in [2.45, 2.75) is 13.2 Å². The summed E-state index contributed by atoms with van der Waals surface area (Å²) >= 11 is 0. The summed E-state index contributed by atoms with van der Waals surface area (Å²) < 4.78 is 52.8. The first-order valence-corrected chi connectivity index (χ1v) is 5.78. The molecule has 0 fully saturated rings. The monoisotopic (exact) mass is 285 g/mol. The van der Waals surface area contributed by atoms with Crippen LogP contribution in [0.3, 0.4) is 0 Å². The molecule has 0 saturated heterocycles. The lowest BCUT2D eigenvalue weighted by atomic mass is 10.1. The van der Waals surface area contributed by atoms with Gasteiger partial charge in [0.05, 0.1) is 6.61 Å². The fourth-order valence-corrected chi connectivity index (χ4v) is 1.68. The van der Waals surface area contributed by atoms with Crippen molar-refractivity contribution < 1.29 is 22.7 Å². The highest BCUT2D eigenvalue weighted by Gasteiger charge is 2.18. The topological polar surface area (TPSA) is 32.3 Å². The molecule has 2 rings (SSSR count). The Morgan fingerprint density at radius 3 is 1.85 bits per heavy atom. The number of aliphatic hydroxyl groups is 1. The van der Waals surface area contributed by atoms with Crippen LogP contribution in [0.1, 0.15) is 11.1 Å². The van der Waals surface area contributed by atoms with Gasteiger partial charge in [0.25, 0.3) is 0 Å². The third kappa shape index (κ3) is 2.91. The maximum atomic E-state index is 13.4. The Kier molecular flexibility index (Phi) is 4.24. The number of halogens is 4. The molecule has 2 aromatic carbocycles. The molecule has 0 spiro atoms. The predicted octanol–water partition coefficient (Wildman–Crippen LogP) is 3.35. The summed E-state index contributed by atoms with van der Waals surface area (Å²) in [6.07, 6.45) is 0. The lowest BCUT2D eigenvalue weighted by Gasteiger charge is -2.10. The minimum atomic E-state index is -1.46. The van der Waals surface area contributed by atoms with Gasteiger partial charge in [0, 0.05) is 12.6 Å². The molecule has 0 unspecified atom stereocenters. The molecule has 2 nitrogen and oxygen atoms in total. The first-order valence-electron chi connectivity index (χ1n) is 5.78. The second kappa shape index (κ2) is 5.92. The van der Waals surface area contributed by atoms with Gasteiger partial charge >= 0.3 is 0 Å². The summed E-state index contributed by atoms with van der Waals surface area (Å²) in [6.45, 7) is -0.130. The van der Waals surface area contributed by atoms with Crippen molar-refractivity contribution in [1.29, 1.82) is 0 Å². The number of aliphatic hydroxyl groups excluding tert-OH is 1. The summed E-state index contributed by atoms with van der Waals surface area (Å²) in [5.41, 5.74) is 0.488. The van der Waals surface area contributed by atoms with Crippen molar-refractivity contribution in [2.75, 3.05) is 5.32 Å². The van der Waals surface area contributed by atoms with Gasteiger partial charge in [-0.3, -0.25) is 0 Å². The van der Waals surface area contributed by atoms with E-state index >= 15 is 0 Å². The molecular formula is C14H11F4NO. The van der Waals surface area contributed by atoms with Gasteiger partial charge in [-0.05, 0) is 11.1 Å². The molecule has 6 heteroatoms. The highest BCUT2D eigenvalue weighted by atomic mass is 19.2. The van der Waals surface area contributed by atoms with Gasteiger partial charge in [0.1, 0.15) is 5.69 Å². The van der Waals surface area contributed by atoms with E-state index in [4.69, 9.17) is 5.11 Å². The summed E-state index contributed by atoms with van der Waals surface area (Å²) in [5.74, 6) is -5.84. The van der Waals surface area contributed by atoms with Crippen LogP contribution in [0.2, 0.25) is 0 Å². The number of hydrogen-bond acceptors (Lipinski definition) is 2. The Bertz CT molecular complexity index is 587. The van der Waals surface area contributed by atoms with Crippen molar-refractivity contribution >= 4 is 5.69 Å². The zero-order chi connectivity index (χ0) is 14.7. The van der Waals surface area contributed by atoms with Gasteiger partial charge in [0.15, 0.2) is 23.3 Å². The minimum absolute atomic E-state index is 0.0115. The first-order chi connectivity index (χ1) is 9.52. The van der Waals surface area contributed by atoms with E-state index in [1.54, 1.807) is 24.3 Å². The molecule has 0 atom stereocenters. The summed E-state index contributed by atoms with van der Waals surface area (Å²) in [4.78, 5) is 0. The Morgan fingerprint density at radius 1 is 0.850 bits per heavy atom. The SMILES string of the molecule is OCc1ccc(CNc2c(F)c(F)cc(F)c2F)cc1. The Balaban J connectivity index is 2.18. The number of benzene rings is 2. The molecule has 0 aromatic heterocycles. The number of hydrogen-bond donors (Lipinski definition) is 2. The highest BCUT2D eigenvalue weighted by Crippen LogP contribution is 2.24. The summed E-state index contributed by atoms with van der Waals surface area (Å²) in [6, 6.07) is 6.69. The molecule has 20 heavy (non-hydrogen) atoms. The van der Waals surface area contributed by atoms with Crippen LogP contribution in [-0.2, 0) is 13.2 Å². The van der Waals surface area contributed by atoms with E-state index in [1.807, 2.05) is 0 Å². The van der Waals surface area contributed by atoms with Crippen LogP contribution in [0.5, 0.6) is 0 Å². The van der Waals surface area contributed by atoms with Crippen LogP contribution < -0.4 is 5.32 Å². The van der Waals surface area contributed by atoms with E-state index in [2.05, 4.69) is 5.32 Å². The molecule has 2 aromatic rings. The van der Waals surface area contributed by atoms with Crippen LogP contribution >= 0.6 is 0 Å². The van der Waals surface area contributed by atoms with Crippen LogP contribution in [0.15, 0.2) is 30.3 Å². The molecular weight excluding hydrogens is 274 g/mol. The third-order valence-corrected chi connectivity index (χ3v) is 2.79.